The van der Waals surface area contributed by atoms with Crippen molar-refractivity contribution >= 4 is 32.6 Å². The number of alkyl halides is 2. The number of nitrogens with zero attached hydrogens (tertiary/aromatic N) is 5. The van der Waals surface area contributed by atoms with Crippen molar-refractivity contribution < 1.29 is 13.5 Å². The Kier molecular flexibility index (Phi) is 4.45. The highest BCUT2D eigenvalue weighted by atomic mass is 32.1. The number of anilines is 2. The smallest absolute Gasteiger partial charge is 0.243 e. The maximum atomic E-state index is 13.1. The molecule has 0 bridgehead atoms. The maximum Gasteiger partial charge on any atom is 0.243 e. The van der Waals surface area contributed by atoms with Crippen LogP contribution in [-0.4, -0.2) is 60.8 Å². The van der Waals surface area contributed by atoms with Gasteiger partial charge in [-0.25, -0.2) is 18.7 Å². The molecule has 2 saturated heterocycles. The minimum Gasteiger partial charge on any atom is -0.378 e. The average molecular weight is 355 g/mol. The number of aromatic nitrogens is 3. The van der Waals surface area contributed by atoms with Crippen molar-refractivity contribution in [1.82, 2.24) is 15.0 Å². The predicted molar refractivity (Wildman–Crippen MR) is 89.2 cm³/mol. The highest BCUT2D eigenvalue weighted by Crippen LogP contribution is 2.35. The zero-order valence-electron chi connectivity index (χ0n) is 13.2. The number of thiazole rings is 1. The standard InChI is InChI=1S/C15H19F2N5OS/c16-12(17)10-2-1-3-22(8-10)14-11-13(18-9-19-14)20-15(24-11)21-4-6-23-7-5-21/h9-10,12H,1-8H2. The molecule has 1 atom stereocenters. The Hall–Kier alpha value is -1.61. The quantitative estimate of drug-likeness (QED) is 0.843. The van der Waals surface area contributed by atoms with Gasteiger partial charge in [-0.2, -0.15) is 4.98 Å². The predicted octanol–water partition coefficient (Wildman–Crippen LogP) is 2.40. The summed E-state index contributed by atoms with van der Waals surface area (Å²) in [5.74, 6) is 0.151. The van der Waals surface area contributed by atoms with Gasteiger partial charge in [-0.05, 0) is 12.8 Å². The number of hydrogen-bond donors (Lipinski definition) is 0. The van der Waals surface area contributed by atoms with Crippen LogP contribution in [0.1, 0.15) is 12.8 Å². The molecule has 4 heterocycles. The molecule has 2 aromatic rings. The first-order valence-corrected chi connectivity index (χ1v) is 9.01. The van der Waals surface area contributed by atoms with Crippen molar-refractivity contribution in [2.75, 3.05) is 49.2 Å². The third kappa shape index (κ3) is 3.02. The summed E-state index contributed by atoms with van der Waals surface area (Å²) in [6.45, 7) is 4.08. The number of fused-ring (bicyclic) bond motifs is 1. The molecule has 2 aliphatic rings. The summed E-state index contributed by atoms with van der Waals surface area (Å²) in [6.07, 6.45) is 0.530. The van der Waals surface area contributed by atoms with Crippen LogP contribution < -0.4 is 9.80 Å². The molecule has 0 saturated carbocycles. The number of hydrogen-bond acceptors (Lipinski definition) is 7. The van der Waals surface area contributed by atoms with Crippen LogP contribution in [0.4, 0.5) is 19.7 Å². The summed E-state index contributed by atoms with van der Waals surface area (Å²) in [7, 11) is 0. The van der Waals surface area contributed by atoms with Crippen LogP contribution in [0.25, 0.3) is 10.3 Å². The fourth-order valence-corrected chi connectivity index (χ4v) is 4.34. The van der Waals surface area contributed by atoms with Crippen LogP contribution in [0.15, 0.2) is 6.33 Å². The van der Waals surface area contributed by atoms with Crippen molar-refractivity contribution in [3.63, 3.8) is 0 Å². The Labute approximate surface area is 142 Å². The van der Waals surface area contributed by atoms with Crippen LogP contribution in [0.2, 0.25) is 0 Å². The minimum atomic E-state index is -2.28. The van der Waals surface area contributed by atoms with Crippen LogP contribution in [-0.2, 0) is 4.74 Å². The first-order chi connectivity index (χ1) is 11.7. The SMILES string of the molecule is FC(F)C1CCCN(c2ncnc3nc(N4CCOCC4)sc23)C1. The molecule has 0 amide bonds. The molecular formula is C15H19F2N5OS. The Morgan fingerprint density at radius 2 is 2.00 bits per heavy atom. The summed E-state index contributed by atoms with van der Waals surface area (Å²) in [4.78, 5) is 17.4. The highest BCUT2D eigenvalue weighted by Gasteiger charge is 2.29. The first-order valence-electron chi connectivity index (χ1n) is 8.19. The van der Waals surface area contributed by atoms with E-state index in [2.05, 4.69) is 19.9 Å². The topological polar surface area (TPSA) is 54.4 Å². The van der Waals surface area contributed by atoms with Crippen molar-refractivity contribution in [2.24, 2.45) is 5.92 Å². The average Bonchev–Trinajstić information content (AvgIpc) is 3.07. The molecule has 4 rings (SSSR count). The summed E-state index contributed by atoms with van der Waals surface area (Å²) < 4.78 is 32.4. The molecule has 0 N–H and O–H groups in total. The Morgan fingerprint density at radius 1 is 1.17 bits per heavy atom. The van der Waals surface area contributed by atoms with E-state index < -0.39 is 12.3 Å². The van der Waals surface area contributed by atoms with Gasteiger partial charge in [-0.15, -0.1) is 0 Å². The van der Waals surface area contributed by atoms with Crippen LogP contribution >= 0.6 is 11.3 Å². The molecule has 0 aliphatic carbocycles. The number of rotatable bonds is 3. The first kappa shape index (κ1) is 15.9. The van der Waals surface area contributed by atoms with Gasteiger partial charge >= 0.3 is 0 Å². The third-order valence-corrected chi connectivity index (χ3v) is 5.66. The van der Waals surface area contributed by atoms with E-state index in [0.29, 0.717) is 31.8 Å². The normalized spacial score (nSPS) is 22.5. The van der Waals surface area contributed by atoms with E-state index in [1.807, 2.05) is 4.90 Å². The lowest BCUT2D eigenvalue weighted by molar-refractivity contribution is 0.0686. The number of morpholine rings is 1. The molecule has 2 fully saturated rings. The van der Waals surface area contributed by atoms with Gasteiger partial charge in [0.05, 0.1) is 13.2 Å². The molecule has 1 unspecified atom stereocenters. The van der Waals surface area contributed by atoms with E-state index in [9.17, 15) is 8.78 Å². The molecule has 0 radical (unpaired) electrons. The fourth-order valence-electron chi connectivity index (χ4n) is 3.25. The van der Waals surface area contributed by atoms with E-state index in [-0.39, 0.29) is 0 Å². The van der Waals surface area contributed by atoms with E-state index in [4.69, 9.17) is 4.74 Å². The van der Waals surface area contributed by atoms with Gasteiger partial charge in [0.15, 0.2) is 16.6 Å². The molecule has 6 nitrogen and oxygen atoms in total. The lowest BCUT2D eigenvalue weighted by Gasteiger charge is -2.33. The Morgan fingerprint density at radius 3 is 2.79 bits per heavy atom. The molecule has 130 valence electrons. The fraction of sp³-hybridized carbons (Fsp3) is 0.667. The lowest BCUT2D eigenvalue weighted by atomic mass is 9.99. The molecule has 9 heteroatoms. The number of piperidine rings is 1. The van der Waals surface area contributed by atoms with E-state index in [1.165, 1.54) is 17.7 Å². The number of ether oxygens (including phenoxy) is 1. The molecule has 0 spiro atoms. The van der Waals surface area contributed by atoms with Gasteiger partial charge in [-0.3, -0.25) is 0 Å². The third-order valence-electron chi connectivity index (χ3n) is 4.56. The van der Waals surface area contributed by atoms with E-state index in [0.717, 1.165) is 41.7 Å². The van der Waals surface area contributed by atoms with Gasteiger partial charge < -0.3 is 14.5 Å². The maximum absolute atomic E-state index is 13.1. The van der Waals surface area contributed by atoms with Crippen LogP contribution in [0, 0.1) is 5.92 Å². The van der Waals surface area contributed by atoms with Crippen molar-refractivity contribution in [3.8, 4) is 0 Å². The van der Waals surface area contributed by atoms with Gasteiger partial charge in [0.25, 0.3) is 0 Å². The second kappa shape index (κ2) is 6.72. The van der Waals surface area contributed by atoms with Crippen molar-refractivity contribution in [2.45, 2.75) is 19.3 Å². The van der Waals surface area contributed by atoms with Crippen molar-refractivity contribution in [1.29, 1.82) is 0 Å². The monoisotopic (exact) mass is 355 g/mol. The summed E-state index contributed by atoms with van der Waals surface area (Å²) >= 11 is 1.54. The Balaban J connectivity index is 1.64. The minimum absolute atomic E-state index is 0.342. The second-order valence-corrected chi connectivity index (χ2v) is 7.11. The largest absolute Gasteiger partial charge is 0.378 e. The zero-order chi connectivity index (χ0) is 16.5. The van der Waals surface area contributed by atoms with Crippen molar-refractivity contribution in [3.05, 3.63) is 6.33 Å². The van der Waals surface area contributed by atoms with Gasteiger partial charge in [0.1, 0.15) is 11.0 Å². The molecule has 24 heavy (non-hydrogen) atoms. The number of halogens is 2. The second-order valence-electron chi connectivity index (χ2n) is 6.13. The summed E-state index contributed by atoms with van der Waals surface area (Å²) in [6, 6.07) is 0. The van der Waals surface area contributed by atoms with Crippen LogP contribution in [0.3, 0.4) is 0 Å². The Bertz CT molecular complexity index is 706. The van der Waals surface area contributed by atoms with Gasteiger partial charge in [0.2, 0.25) is 6.43 Å². The van der Waals surface area contributed by atoms with Gasteiger partial charge in [0, 0.05) is 32.1 Å². The highest BCUT2D eigenvalue weighted by molar-refractivity contribution is 7.22. The molecule has 2 aliphatic heterocycles. The molecule has 0 aromatic carbocycles. The van der Waals surface area contributed by atoms with Gasteiger partial charge in [-0.1, -0.05) is 11.3 Å². The zero-order valence-corrected chi connectivity index (χ0v) is 14.0. The molecular weight excluding hydrogens is 336 g/mol. The van der Waals surface area contributed by atoms with E-state index in [1.54, 1.807) is 0 Å². The van der Waals surface area contributed by atoms with E-state index >= 15 is 0 Å². The molecule has 2 aromatic heterocycles. The lowest BCUT2D eigenvalue weighted by Crippen LogP contribution is -2.38. The summed E-state index contributed by atoms with van der Waals surface area (Å²) in [5, 5.41) is 0.900. The summed E-state index contributed by atoms with van der Waals surface area (Å²) in [5.41, 5.74) is 0.644. The van der Waals surface area contributed by atoms with Crippen LogP contribution in [0.5, 0.6) is 0 Å².